The molecule has 1 saturated heterocycles. The van der Waals surface area contributed by atoms with E-state index in [-0.39, 0.29) is 0 Å². The van der Waals surface area contributed by atoms with Crippen molar-refractivity contribution in [1.82, 2.24) is 5.32 Å². The summed E-state index contributed by atoms with van der Waals surface area (Å²) in [7, 11) is 0. The lowest BCUT2D eigenvalue weighted by atomic mass is 9.85. The van der Waals surface area contributed by atoms with Gasteiger partial charge in [-0.25, -0.2) is 0 Å². The van der Waals surface area contributed by atoms with Crippen molar-refractivity contribution in [3.05, 3.63) is 34.4 Å². The first-order valence-corrected chi connectivity index (χ1v) is 5.94. The maximum atomic E-state index is 9.01. The Balaban J connectivity index is 2.38. The number of aryl methyl sites for hydroxylation is 1. The van der Waals surface area contributed by atoms with Gasteiger partial charge in [-0.15, -0.1) is 0 Å². The van der Waals surface area contributed by atoms with Gasteiger partial charge in [0.2, 0.25) is 0 Å². The van der Waals surface area contributed by atoms with Gasteiger partial charge in [0, 0.05) is 0 Å². The standard InChI is InChI=1S/C14H18N2/c1-10-7-12(9-15)8-14(11(10)2)13-3-5-16-6-4-13/h7-8,13,16H,3-6H2,1-2H3. The second kappa shape index (κ2) is 4.67. The van der Waals surface area contributed by atoms with Crippen LogP contribution in [0.15, 0.2) is 12.1 Å². The van der Waals surface area contributed by atoms with Crippen LogP contribution in [0.25, 0.3) is 0 Å². The molecule has 16 heavy (non-hydrogen) atoms. The summed E-state index contributed by atoms with van der Waals surface area (Å²) in [4.78, 5) is 0. The summed E-state index contributed by atoms with van der Waals surface area (Å²) in [6.07, 6.45) is 2.38. The lowest BCUT2D eigenvalue weighted by Gasteiger charge is -2.25. The first-order chi connectivity index (χ1) is 7.72. The highest BCUT2D eigenvalue weighted by atomic mass is 14.9. The van der Waals surface area contributed by atoms with Gasteiger partial charge >= 0.3 is 0 Å². The third-order valence-electron chi connectivity index (χ3n) is 3.62. The Morgan fingerprint density at radius 3 is 2.56 bits per heavy atom. The van der Waals surface area contributed by atoms with Crippen LogP contribution in [-0.4, -0.2) is 13.1 Å². The zero-order valence-corrected chi connectivity index (χ0v) is 10.0. The Morgan fingerprint density at radius 1 is 1.25 bits per heavy atom. The zero-order chi connectivity index (χ0) is 11.5. The maximum absolute atomic E-state index is 9.01. The fourth-order valence-electron chi connectivity index (χ4n) is 2.51. The fourth-order valence-corrected chi connectivity index (χ4v) is 2.51. The normalized spacial score (nSPS) is 17.1. The minimum atomic E-state index is 0.633. The van der Waals surface area contributed by atoms with Crippen molar-refractivity contribution in [3.63, 3.8) is 0 Å². The number of hydrogen-bond donors (Lipinski definition) is 1. The molecule has 0 radical (unpaired) electrons. The van der Waals surface area contributed by atoms with Crippen LogP contribution < -0.4 is 5.32 Å². The molecule has 0 unspecified atom stereocenters. The van der Waals surface area contributed by atoms with Crippen molar-refractivity contribution >= 4 is 0 Å². The van der Waals surface area contributed by atoms with Gasteiger partial charge in [0.15, 0.2) is 0 Å². The number of nitrogens with zero attached hydrogens (tertiary/aromatic N) is 1. The van der Waals surface area contributed by atoms with E-state index in [9.17, 15) is 0 Å². The molecule has 84 valence electrons. The van der Waals surface area contributed by atoms with Crippen LogP contribution in [0.4, 0.5) is 0 Å². The van der Waals surface area contributed by atoms with Crippen LogP contribution in [0.1, 0.15) is 41.0 Å². The number of rotatable bonds is 1. The van der Waals surface area contributed by atoms with Crippen LogP contribution in [0.5, 0.6) is 0 Å². The summed E-state index contributed by atoms with van der Waals surface area (Å²) in [5, 5.41) is 12.4. The minimum Gasteiger partial charge on any atom is -0.317 e. The molecule has 1 aliphatic heterocycles. The lowest BCUT2D eigenvalue weighted by Crippen LogP contribution is -2.27. The second-order valence-electron chi connectivity index (χ2n) is 4.64. The molecule has 0 atom stereocenters. The van der Waals surface area contributed by atoms with Crippen molar-refractivity contribution in [2.75, 3.05) is 13.1 Å². The van der Waals surface area contributed by atoms with E-state index >= 15 is 0 Å². The van der Waals surface area contributed by atoms with Crippen LogP contribution in [0.3, 0.4) is 0 Å². The van der Waals surface area contributed by atoms with Crippen molar-refractivity contribution < 1.29 is 0 Å². The zero-order valence-electron chi connectivity index (χ0n) is 10.0. The predicted molar refractivity (Wildman–Crippen MR) is 65.5 cm³/mol. The molecular formula is C14H18N2. The molecule has 1 heterocycles. The molecule has 2 nitrogen and oxygen atoms in total. The van der Waals surface area contributed by atoms with E-state index in [1.807, 2.05) is 6.07 Å². The quantitative estimate of drug-likeness (QED) is 0.780. The van der Waals surface area contributed by atoms with E-state index in [2.05, 4.69) is 31.3 Å². The summed E-state index contributed by atoms with van der Waals surface area (Å²) in [5.41, 5.74) is 4.80. The van der Waals surface area contributed by atoms with Gasteiger partial charge in [-0.2, -0.15) is 5.26 Å². The smallest absolute Gasteiger partial charge is 0.0991 e. The molecule has 1 aromatic carbocycles. The number of benzene rings is 1. The lowest BCUT2D eigenvalue weighted by molar-refractivity contribution is 0.459. The van der Waals surface area contributed by atoms with E-state index in [0.717, 1.165) is 18.7 Å². The monoisotopic (exact) mass is 214 g/mol. The van der Waals surface area contributed by atoms with Crippen LogP contribution >= 0.6 is 0 Å². The summed E-state index contributed by atoms with van der Waals surface area (Å²) in [6, 6.07) is 6.33. The molecular weight excluding hydrogens is 196 g/mol. The predicted octanol–water partition coefficient (Wildman–Crippen LogP) is 2.64. The molecule has 0 saturated carbocycles. The molecule has 0 bridgehead atoms. The Bertz CT molecular complexity index is 423. The van der Waals surface area contributed by atoms with Gasteiger partial charge in [0.25, 0.3) is 0 Å². The van der Waals surface area contributed by atoms with Crippen LogP contribution in [0.2, 0.25) is 0 Å². The Hall–Kier alpha value is -1.33. The number of piperidine rings is 1. The SMILES string of the molecule is Cc1cc(C#N)cc(C2CCNCC2)c1C. The molecule has 0 spiro atoms. The average Bonchev–Trinajstić information content (AvgIpc) is 2.33. The topological polar surface area (TPSA) is 35.8 Å². The minimum absolute atomic E-state index is 0.633. The van der Waals surface area contributed by atoms with Crippen LogP contribution in [0, 0.1) is 25.2 Å². The summed E-state index contributed by atoms with van der Waals surface area (Å²) in [5.74, 6) is 0.633. The largest absolute Gasteiger partial charge is 0.317 e. The Kier molecular flexibility index (Phi) is 3.26. The Morgan fingerprint density at radius 2 is 1.94 bits per heavy atom. The molecule has 2 heteroatoms. The van der Waals surface area contributed by atoms with Crippen molar-refractivity contribution in [3.8, 4) is 6.07 Å². The van der Waals surface area contributed by atoms with Crippen molar-refractivity contribution in [2.45, 2.75) is 32.6 Å². The van der Waals surface area contributed by atoms with Gasteiger partial charge in [-0.3, -0.25) is 0 Å². The first-order valence-electron chi connectivity index (χ1n) is 5.94. The van der Waals surface area contributed by atoms with E-state index in [0.29, 0.717) is 5.92 Å². The van der Waals surface area contributed by atoms with Crippen molar-refractivity contribution in [2.24, 2.45) is 0 Å². The fraction of sp³-hybridized carbons (Fsp3) is 0.500. The third kappa shape index (κ3) is 2.10. The number of nitriles is 1. The van der Waals surface area contributed by atoms with Crippen LogP contribution in [-0.2, 0) is 0 Å². The highest BCUT2D eigenvalue weighted by Crippen LogP contribution is 2.30. The molecule has 1 aromatic rings. The molecule has 1 aliphatic rings. The summed E-state index contributed by atoms with van der Waals surface area (Å²) in [6.45, 7) is 6.47. The number of nitrogens with one attached hydrogen (secondary N) is 1. The van der Waals surface area contributed by atoms with E-state index in [1.54, 1.807) is 0 Å². The van der Waals surface area contributed by atoms with E-state index in [1.165, 1.54) is 29.5 Å². The van der Waals surface area contributed by atoms with Gasteiger partial charge in [-0.1, -0.05) is 0 Å². The Labute approximate surface area is 97.3 Å². The van der Waals surface area contributed by atoms with Crippen molar-refractivity contribution in [1.29, 1.82) is 5.26 Å². The molecule has 1 fully saturated rings. The molecule has 0 amide bonds. The van der Waals surface area contributed by atoms with Gasteiger partial charge < -0.3 is 5.32 Å². The van der Waals surface area contributed by atoms with Gasteiger partial charge in [-0.05, 0) is 74.5 Å². The van der Waals surface area contributed by atoms with E-state index in [4.69, 9.17) is 5.26 Å². The average molecular weight is 214 g/mol. The number of hydrogen-bond acceptors (Lipinski definition) is 2. The highest BCUT2D eigenvalue weighted by Gasteiger charge is 2.18. The summed E-state index contributed by atoms with van der Waals surface area (Å²) < 4.78 is 0. The second-order valence-corrected chi connectivity index (χ2v) is 4.64. The van der Waals surface area contributed by atoms with Gasteiger partial charge in [0.1, 0.15) is 0 Å². The first kappa shape index (κ1) is 11.2. The maximum Gasteiger partial charge on any atom is 0.0991 e. The molecule has 0 aromatic heterocycles. The summed E-state index contributed by atoms with van der Waals surface area (Å²) >= 11 is 0. The molecule has 1 N–H and O–H groups in total. The third-order valence-corrected chi connectivity index (χ3v) is 3.62. The van der Waals surface area contributed by atoms with Gasteiger partial charge in [0.05, 0.1) is 11.6 Å². The highest BCUT2D eigenvalue weighted by molar-refractivity contribution is 5.44. The molecule has 2 rings (SSSR count). The van der Waals surface area contributed by atoms with E-state index < -0.39 is 0 Å². The molecule has 0 aliphatic carbocycles.